The van der Waals surface area contributed by atoms with Gasteiger partial charge in [-0.2, -0.15) is 13.2 Å². The Morgan fingerprint density at radius 3 is 2.36 bits per heavy atom. The summed E-state index contributed by atoms with van der Waals surface area (Å²) >= 11 is 12.3. The van der Waals surface area contributed by atoms with Gasteiger partial charge in [0.15, 0.2) is 0 Å². The monoisotopic (exact) mass is 490 g/mol. The third-order valence-electron chi connectivity index (χ3n) is 4.67. The first-order valence-electron chi connectivity index (χ1n) is 9.56. The SMILES string of the molecule is O=C(NNc1cccc(C(F)(F)F)c1)c1cn(-c2ccc(Cl)cc2)c(-c2ccccc2Cl)n1. The van der Waals surface area contributed by atoms with E-state index in [-0.39, 0.29) is 11.4 Å². The summed E-state index contributed by atoms with van der Waals surface area (Å²) in [5, 5.41) is 0.980. The molecule has 0 aliphatic rings. The minimum Gasteiger partial charge on any atom is -0.299 e. The first-order chi connectivity index (χ1) is 15.7. The second-order valence-electron chi connectivity index (χ2n) is 6.93. The number of benzene rings is 3. The average Bonchev–Trinajstić information content (AvgIpc) is 3.23. The van der Waals surface area contributed by atoms with Gasteiger partial charge in [-0.05, 0) is 54.6 Å². The van der Waals surface area contributed by atoms with Gasteiger partial charge in [0, 0.05) is 22.5 Å². The first kappa shape index (κ1) is 22.7. The molecule has 33 heavy (non-hydrogen) atoms. The number of hydrogen-bond acceptors (Lipinski definition) is 3. The molecule has 1 amide bonds. The van der Waals surface area contributed by atoms with Crippen LogP contribution in [0.5, 0.6) is 0 Å². The molecule has 1 heterocycles. The molecule has 0 aliphatic heterocycles. The minimum absolute atomic E-state index is 0.0272. The predicted octanol–water partition coefficient (Wildman–Crippen LogP) is 6.62. The zero-order valence-electron chi connectivity index (χ0n) is 16.7. The number of alkyl halides is 3. The standard InChI is InChI=1S/C23H15Cl2F3N4O/c24-15-8-10-17(11-9-15)32-13-20(29-21(32)18-6-1-2-7-19(18)25)22(33)31-30-16-5-3-4-14(12-16)23(26,27)28/h1-13,30H,(H,31,33). The summed E-state index contributed by atoms with van der Waals surface area (Å²) in [5.41, 5.74) is 5.41. The van der Waals surface area contributed by atoms with E-state index < -0.39 is 17.6 Å². The third kappa shape index (κ3) is 5.13. The van der Waals surface area contributed by atoms with Crippen LogP contribution in [-0.4, -0.2) is 15.5 Å². The lowest BCUT2D eigenvalue weighted by Gasteiger charge is -2.10. The lowest BCUT2D eigenvalue weighted by molar-refractivity contribution is -0.137. The van der Waals surface area contributed by atoms with E-state index in [2.05, 4.69) is 15.8 Å². The first-order valence-corrected chi connectivity index (χ1v) is 10.3. The molecule has 4 rings (SSSR count). The van der Waals surface area contributed by atoms with Gasteiger partial charge in [-0.15, -0.1) is 0 Å². The summed E-state index contributed by atoms with van der Waals surface area (Å²) in [4.78, 5) is 17.2. The molecule has 0 fully saturated rings. The Morgan fingerprint density at radius 1 is 0.939 bits per heavy atom. The molecule has 10 heteroatoms. The Labute approximate surface area is 196 Å². The largest absolute Gasteiger partial charge is 0.416 e. The van der Waals surface area contributed by atoms with Crippen molar-refractivity contribution in [1.29, 1.82) is 0 Å². The number of hydrogen-bond donors (Lipinski definition) is 2. The third-order valence-corrected chi connectivity index (χ3v) is 5.25. The Bertz CT molecular complexity index is 1300. The highest BCUT2D eigenvalue weighted by Crippen LogP contribution is 2.31. The van der Waals surface area contributed by atoms with Crippen LogP contribution < -0.4 is 10.9 Å². The Kier molecular flexibility index (Phi) is 6.31. The number of aromatic nitrogens is 2. The molecule has 0 spiro atoms. The zero-order valence-corrected chi connectivity index (χ0v) is 18.2. The van der Waals surface area contributed by atoms with E-state index in [4.69, 9.17) is 23.2 Å². The van der Waals surface area contributed by atoms with Gasteiger partial charge in [0.1, 0.15) is 11.5 Å². The number of carbonyl (C=O) groups excluding carboxylic acids is 1. The quantitative estimate of drug-likeness (QED) is 0.309. The van der Waals surface area contributed by atoms with Crippen molar-refractivity contribution in [1.82, 2.24) is 15.0 Å². The van der Waals surface area contributed by atoms with Crippen molar-refractivity contribution in [2.45, 2.75) is 6.18 Å². The molecule has 4 aromatic rings. The number of halogens is 5. The molecule has 168 valence electrons. The smallest absolute Gasteiger partial charge is 0.299 e. The van der Waals surface area contributed by atoms with Crippen molar-refractivity contribution in [3.8, 4) is 17.1 Å². The maximum atomic E-state index is 12.9. The highest BCUT2D eigenvalue weighted by Gasteiger charge is 2.30. The van der Waals surface area contributed by atoms with Gasteiger partial charge in [-0.25, -0.2) is 4.98 Å². The lowest BCUT2D eigenvalue weighted by Crippen LogP contribution is -2.29. The lowest BCUT2D eigenvalue weighted by atomic mass is 10.2. The normalized spacial score (nSPS) is 11.3. The molecule has 0 radical (unpaired) electrons. The van der Waals surface area contributed by atoms with Crippen LogP contribution in [0.15, 0.2) is 79.0 Å². The zero-order chi connectivity index (χ0) is 23.6. The molecular weight excluding hydrogens is 476 g/mol. The number of amides is 1. The van der Waals surface area contributed by atoms with Gasteiger partial charge in [-0.3, -0.25) is 20.2 Å². The van der Waals surface area contributed by atoms with Crippen LogP contribution in [0.3, 0.4) is 0 Å². The van der Waals surface area contributed by atoms with E-state index in [1.54, 1.807) is 53.1 Å². The van der Waals surface area contributed by atoms with Gasteiger partial charge in [0.25, 0.3) is 5.91 Å². The Hall–Kier alpha value is -3.49. The highest BCUT2D eigenvalue weighted by atomic mass is 35.5. The predicted molar refractivity (Wildman–Crippen MR) is 122 cm³/mol. The topological polar surface area (TPSA) is 59.0 Å². The van der Waals surface area contributed by atoms with E-state index in [0.29, 0.717) is 27.1 Å². The van der Waals surface area contributed by atoms with E-state index in [1.165, 1.54) is 18.3 Å². The van der Waals surface area contributed by atoms with E-state index in [0.717, 1.165) is 12.1 Å². The van der Waals surface area contributed by atoms with E-state index in [9.17, 15) is 18.0 Å². The fraction of sp³-hybridized carbons (Fsp3) is 0.0435. The summed E-state index contributed by atoms with van der Waals surface area (Å²) in [6.07, 6.45) is -2.99. The summed E-state index contributed by atoms with van der Waals surface area (Å²) in [7, 11) is 0. The molecule has 0 saturated heterocycles. The second kappa shape index (κ2) is 9.17. The Balaban J connectivity index is 1.64. The van der Waals surface area contributed by atoms with Gasteiger partial charge in [-0.1, -0.05) is 41.4 Å². The molecule has 1 aromatic heterocycles. The number of rotatable bonds is 5. The van der Waals surface area contributed by atoms with Gasteiger partial charge < -0.3 is 0 Å². The summed E-state index contributed by atoms with van der Waals surface area (Å²) in [5.74, 6) is -0.236. The number of nitrogens with zero attached hydrogens (tertiary/aromatic N) is 2. The highest BCUT2D eigenvalue weighted by molar-refractivity contribution is 6.33. The minimum atomic E-state index is -4.50. The molecule has 0 unspecified atom stereocenters. The molecule has 2 N–H and O–H groups in total. The molecule has 0 aliphatic carbocycles. The fourth-order valence-corrected chi connectivity index (χ4v) is 3.43. The number of hydrazine groups is 1. The molecule has 0 saturated carbocycles. The van der Waals surface area contributed by atoms with Crippen LogP contribution in [0, 0.1) is 0 Å². The van der Waals surface area contributed by atoms with Crippen molar-refractivity contribution in [3.05, 3.63) is 100 Å². The number of anilines is 1. The molecule has 0 atom stereocenters. The van der Waals surface area contributed by atoms with Crippen molar-refractivity contribution in [2.75, 3.05) is 5.43 Å². The van der Waals surface area contributed by atoms with Crippen LogP contribution >= 0.6 is 23.2 Å². The maximum Gasteiger partial charge on any atom is 0.416 e. The fourth-order valence-electron chi connectivity index (χ4n) is 3.09. The van der Waals surface area contributed by atoms with Crippen LogP contribution in [0.25, 0.3) is 17.1 Å². The number of imidazole rings is 1. The van der Waals surface area contributed by atoms with Crippen LogP contribution in [-0.2, 0) is 6.18 Å². The van der Waals surface area contributed by atoms with Crippen molar-refractivity contribution in [3.63, 3.8) is 0 Å². The van der Waals surface area contributed by atoms with Gasteiger partial charge in [0.05, 0.1) is 16.3 Å². The second-order valence-corrected chi connectivity index (χ2v) is 7.78. The summed E-state index contributed by atoms with van der Waals surface area (Å²) in [6, 6.07) is 18.4. The van der Waals surface area contributed by atoms with Gasteiger partial charge in [0.2, 0.25) is 0 Å². The van der Waals surface area contributed by atoms with Crippen molar-refractivity contribution in [2.24, 2.45) is 0 Å². The number of carbonyl (C=O) groups is 1. The molecule has 0 bridgehead atoms. The van der Waals surface area contributed by atoms with Gasteiger partial charge >= 0.3 is 6.18 Å². The molecule has 5 nitrogen and oxygen atoms in total. The van der Waals surface area contributed by atoms with E-state index >= 15 is 0 Å². The average molecular weight is 491 g/mol. The van der Waals surface area contributed by atoms with Crippen LogP contribution in [0.1, 0.15) is 16.1 Å². The van der Waals surface area contributed by atoms with E-state index in [1.807, 2.05) is 0 Å². The molecular formula is C23H15Cl2F3N4O. The van der Waals surface area contributed by atoms with Crippen molar-refractivity contribution < 1.29 is 18.0 Å². The summed E-state index contributed by atoms with van der Waals surface area (Å²) in [6.45, 7) is 0. The maximum absolute atomic E-state index is 12.9. The van der Waals surface area contributed by atoms with Crippen LogP contribution in [0.2, 0.25) is 10.0 Å². The Morgan fingerprint density at radius 2 is 1.67 bits per heavy atom. The molecule has 3 aromatic carbocycles. The number of nitrogens with one attached hydrogen (secondary N) is 2. The summed E-state index contributed by atoms with van der Waals surface area (Å²) < 4.78 is 40.4. The van der Waals surface area contributed by atoms with Crippen molar-refractivity contribution >= 4 is 34.8 Å². The van der Waals surface area contributed by atoms with Crippen LogP contribution in [0.4, 0.5) is 18.9 Å².